The number of nitrogens with zero attached hydrogens (tertiary/aromatic N) is 2. The first-order valence-electron chi connectivity index (χ1n) is 7.52. The van der Waals surface area contributed by atoms with Crippen LogP contribution in [0.5, 0.6) is 0 Å². The van der Waals surface area contributed by atoms with Crippen molar-refractivity contribution in [3.05, 3.63) is 0 Å². The minimum absolute atomic E-state index is 0.335. The highest BCUT2D eigenvalue weighted by molar-refractivity contribution is 5.04. The highest BCUT2D eigenvalue weighted by atomic mass is 16.5. The van der Waals surface area contributed by atoms with Gasteiger partial charge in [0.1, 0.15) is 5.54 Å². The molecule has 0 amide bonds. The van der Waals surface area contributed by atoms with Gasteiger partial charge in [0.25, 0.3) is 0 Å². The largest absolute Gasteiger partial charge is 0.377 e. The molecule has 0 saturated carbocycles. The first-order chi connectivity index (χ1) is 8.99. The van der Waals surface area contributed by atoms with Gasteiger partial charge in [0.05, 0.1) is 12.2 Å². The summed E-state index contributed by atoms with van der Waals surface area (Å²) in [4.78, 5) is 2.43. The van der Waals surface area contributed by atoms with Crippen LogP contribution in [-0.4, -0.2) is 48.8 Å². The molecular weight excluding hydrogens is 238 g/mol. The van der Waals surface area contributed by atoms with E-state index in [1.165, 1.54) is 12.8 Å². The fourth-order valence-corrected chi connectivity index (χ4v) is 2.77. The third-order valence-corrected chi connectivity index (χ3v) is 3.65. The summed E-state index contributed by atoms with van der Waals surface area (Å²) in [6, 6.07) is 2.75. The first kappa shape index (κ1) is 16.4. The second-order valence-electron chi connectivity index (χ2n) is 6.01. The van der Waals surface area contributed by atoms with Crippen molar-refractivity contribution >= 4 is 0 Å². The third kappa shape index (κ3) is 5.90. The molecule has 1 saturated heterocycles. The first-order valence-corrected chi connectivity index (χ1v) is 7.52. The number of likely N-dealkylation sites (tertiary alicyclic amines) is 1. The molecule has 0 aromatic heterocycles. The van der Waals surface area contributed by atoms with Crippen LogP contribution in [0.4, 0.5) is 0 Å². The average molecular weight is 267 g/mol. The van der Waals surface area contributed by atoms with Gasteiger partial charge < -0.3 is 9.64 Å². The van der Waals surface area contributed by atoms with Gasteiger partial charge in [-0.15, -0.1) is 0 Å². The Labute approximate surface area is 118 Å². The quantitative estimate of drug-likeness (QED) is 0.768. The zero-order valence-electron chi connectivity index (χ0n) is 12.9. The lowest BCUT2D eigenvalue weighted by molar-refractivity contribution is 0.00445. The topological polar surface area (TPSA) is 48.3 Å². The number of ether oxygens (including phenoxy) is 1. The molecule has 1 aliphatic rings. The van der Waals surface area contributed by atoms with Gasteiger partial charge >= 0.3 is 0 Å². The Bertz CT molecular complexity index is 298. The summed E-state index contributed by atoms with van der Waals surface area (Å²) in [6.45, 7) is 12.1. The van der Waals surface area contributed by atoms with Crippen molar-refractivity contribution < 1.29 is 4.74 Å². The zero-order chi connectivity index (χ0) is 14.3. The van der Waals surface area contributed by atoms with Crippen molar-refractivity contribution in [2.75, 3.05) is 26.2 Å². The van der Waals surface area contributed by atoms with Gasteiger partial charge in [-0.25, -0.2) is 0 Å². The molecule has 0 aliphatic carbocycles. The normalized spacial score (nSPS) is 24.1. The molecule has 1 N–H and O–H groups in total. The van der Waals surface area contributed by atoms with Crippen molar-refractivity contribution in [1.82, 2.24) is 10.2 Å². The maximum Gasteiger partial charge on any atom is 0.105 e. The molecule has 0 aromatic rings. The smallest absolute Gasteiger partial charge is 0.105 e. The van der Waals surface area contributed by atoms with Gasteiger partial charge in [-0.2, -0.15) is 5.26 Å². The van der Waals surface area contributed by atoms with Crippen LogP contribution in [0.3, 0.4) is 0 Å². The summed E-state index contributed by atoms with van der Waals surface area (Å²) in [5.74, 6) is 0. The van der Waals surface area contributed by atoms with Crippen molar-refractivity contribution in [2.24, 2.45) is 0 Å². The van der Waals surface area contributed by atoms with Gasteiger partial charge in [0, 0.05) is 25.7 Å². The van der Waals surface area contributed by atoms with Crippen LogP contribution < -0.4 is 5.32 Å². The molecule has 0 radical (unpaired) electrons. The van der Waals surface area contributed by atoms with Crippen LogP contribution in [0, 0.1) is 11.3 Å². The summed E-state index contributed by atoms with van der Waals surface area (Å²) in [5, 5.41) is 12.7. The fourth-order valence-electron chi connectivity index (χ4n) is 2.77. The molecule has 1 rings (SSSR count). The Morgan fingerprint density at radius 2 is 2.26 bits per heavy atom. The number of hydrogen-bond acceptors (Lipinski definition) is 4. The molecule has 1 heterocycles. The van der Waals surface area contributed by atoms with Crippen LogP contribution in [0.2, 0.25) is 0 Å². The number of rotatable bonds is 7. The van der Waals surface area contributed by atoms with Crippen LogP contribution >= 0.6 is 0 Å². The molecule has 2 unspecified atom stereocenters. The van der Waals surface area contributed by atoms with Crippen LogP contribution in [0.1, 0.15) is 47.0 Å². The molecule has 4 nitrogen and oxygen atoms in total. The van der Waals surface area contributed by atoms with E-state index in [1.54, 1.807) is 0 Å². The number of nitrogens with one attached hydrogen (secondary N) is 1. The Balaban J connectivity index is 2.40. The van der Waals surface area contributed by atoms with Gasteiger partial charge in [-0.1, -0.05) is 0 Å². The van der Waals surface area contributed by atoms with Crippen LogP contribution in [-0.2, 0) is 4.74 Å². The third-order valence-electron chi connectivity index (χ3n) is 3.65. The highest BCUT2D eigenvalue weighted by Gasteiger charge is 2.27. The Kier molecular flexibility index (Phi) is 6.78. The lowest BCUT2D eigenvalue weighted by Gasteiger charge is -2.35. The van der Waals surface area contributed by atoms with Gasteiger partial charge in [-0.05, 0) is 53.5 Å². The molecule has 4 heteroatoms. The Morgan fingerprint density at radius 1 is 1.53 bits per heavy atom. The summed E-state index contributed by atoms with van der Waals surface area (Å²) in [5.41, 5.74) is -0.424. The van der Waals surface area contributed by atoms with E-state index in [-0.39, 0.29) is 0 Å². The maximum atomic E-state index is 9.34. The Hall–Kier alpha value is -0.630. The average Bonchev–Trinajstić information content (AvgIpc) is 2.37. The maximum absolute atomic E-state index is 9.34. The number of nitriles is 1. The van der Waals surface area contributed by atoms with Crippen LogP contribution in [0.15, 0.2) is 0 Å². The molecule has 1 fully saturated rings. The predicted molar refractivity (Wildman–Crippen MR) is 78.0 cm³/mol. The van der Waals surface area contributed by atoms with Gasteiger partial charge in [-0.3, -0.25) is 5.32 Å². The molecule has 1 aliphatic heterocycles. The molecule has 19 heavy (non-hydrogen) atoms. The van der Waals surface area contributed by atoms with E-state index in [0.717, 1.165) is 32.7 Å². The summed E-state index contributed by atoms with van der Waals surface area (Å²) in [6.07, 6.45) is 3.61. The van der Waals surface area contributed by atoms with E-state index in [0.29, 0.717) is 12.1 Å². The van der Waals surface area contributed by atoms with E-state index in [9.17, 15) is 5.26 Å². The summed E-state index contributed by atoms with van der Waals surface area (Å²) >= 11 is 0. The standard InChI is InChI=1S/C15H29N3O/c1-5-19-14-7-6-9-18(11-14)10-8-15(4,12-16)17-13(2)3/h13-14,17H,5-11H2,1-4H3. The van der Waals surface area contributed by atoms with Crippen molar-refractivity contribution in [2.45, 2.75) is 64.6 Å². The lowest BCUT2D eigenvalue weighted by atomic mass is 9.97. The zero-order valence-corrected chi connectivity index (χ0v) is 12.9. The lowest BCUT2D eigenvalue weighted by Crippen LogP contribution is -2.48. The SMILES string of the molecule is CCOC1CCCN(CCC(C)(C#N)NC(C)C)C1. The van der Waals surface area contributed by atoms with Crippen molar-refractivity contribution in [3.63, 3.8) is 0 Å². The monoisotopic (exact) mass is 267 g/mol. The Morgan fingerprint density at radius 3 is 2.84 bits per heavy atom. The van der Waals surface area contributed by atoms with E-state index >= 15 is 0 Å². The second kappa shape index (κ2) is 7.84. The minimum Gasteiger partial charge on any atom is -0.377 e. The van der Waals surface area contributed by atoms with Crippen molar-refractivity contribution in [1.29, 1.82) is 5.26 Å². The minimum atomic E-state index is -0.424. The molecule has 110 valence electrons. The molecular formula is C15H29N3O. The number of piperidine rings is 1. The van der Waals surface area contributed by atoms with Gasteiger partial charge in [0.2, 0.25) is 0 Å². The molecule has 0 aromatic carbocycles. The molecule has 0 bridgehead atoms. The van der Waals surface area contributed by atoms with Gasteiger partial charge in [0.15, 0.2) is 0 Å². The predicted octanol–water partition coefficient (Wildman–Crippen LogP) is 2.16. The van der Waals surface area contributed by atoms with E-state index in [4.69, 9.17) is 4.74 Å². The number of hydrogen-bond donors (Lipinski definition) is 1. The highest BCUT2D eigenvalue weighted by Crippen LogP contribution is 2.16. The fraction of sp³-hybridized carbons (Fsp3) is 0.933. The van der Waals surface area contributed by atoms with Crippen molar-refractivity contribution in [3.8, 4) is 6.07 Å². The summed E-state index contributed by atoms with van der Waals surface area (Å²) < 4.78 is 5.71. The summed E-state index contributed by atoms with van der Waals surface area (Å²) in [7, 11) is 0. The van der Waals surface area contributed by atoms with E-state index in [2.05, 4.69) is 37.1 Å². The van der Waals surface area contributed by atoms with Crippen LogP contribution in [0.25, 0.3) is 0 Å². The van der Waals surface area contributed by atoms with E-state index in [1.807, 2.05) is 6.92 Å². The molecule has 0 spiro atoms. The van der Waals surface area contributed by atoms with E-state index < -0.39 is 5.54 Å². The second-order valence-corrected chi connectivity index (χ2v) is 6.01. The molecule has 2 atom stereocenters.